The summed E-state index contributed by atoms with van der Waals surface area (Å²) in [5.74, 6) is 0.383. The van der Waals surface area contributed by atoms with E-state index in [1.54, 1.807) is 37.2 Å². The standard InChI is InChI=1S/C22H27ClN8O2/c1-13-4-6-14(7-5-13)19(28-21(32)17-12-25-29-30(17)2)22(33)27-18-9-8-15(10-24-18)20-16(23)11-26-31(20)3/h8-14,19H,4-7H2,1-3H3,(H,28,32)(H,24,27,33). The van der Waals surface area contributed by atoms with Crippen LogP contribution in [0.5, 0.6) is 0 Å². The van der Waals surface area contributed by atoms with Gasteiger partial charge in [-0.25, -0.2) is 9.67 Å². The molecule has 0 aliphatic heterocycles. The van der Waals surface area contributed by atoms with Crippen LogP contribution in [0.4, 0.5) is 5.82 Å². The number of nitrogens with zero attached hydrogens (tertiary/aromatic N) is 6. The van der Waals surface area contributed by atoms with Gasteiger partial charge in [0.15, 0.2) is 0 Å². The number of anilines is 1. The molecule has 3 heterocycles. The zero-order valence-corrected chi connectivity index (χ0v) is 19.6. The summed E-state index contributed by atoms with van der Waals surface area (Å²) in [4.78, 5) is 30.4. The number of hydrogen-bond acceptors (Lipinski definition) is 6. The van der Waals surface area contributed by atoms with Gasteiger partial charge < -0.3 is 10.6 Å². The highest BCUT2D eigenvalue weighted by Crippen LogP contribution is 2.31. The van der Waals surface area contributed by atoms with Crippen LogP contribution in [0.25, 0.3) is 11.3 Å². The largest absolute Gasteiger partial charge is 0.339 e. The summed E-state index contributed by atoms with van der Waals surface area (Å²) < 4.78 is 3.05. The molecule has 3 aromatic heterocycles. The molecule has 10 nitrogen and oxygen atoms in total. The molecule has 0 bridgehead atoms. The predicted molar refractivity (Wildman–Crippen MR) is 123 cm³/mol. The minimum absolute atomic E-state index is 0.0406. The van der Waals surface area contributed by atoms with Crippen molar-refractivity contribution in [2.24, 2.45) is 25.9 Å². The topological polar surface area (TPSA) is 120 Å². The van der Waals surface area contributed by atoms with Crippen LogP contribution in [-0.2, 0) is 18.9 Å². The van der Waals surface area contributed by atoms with Gasteiger partial charge in [-0.2, -0.15) is 5.10 Å². The summed E-state index contributed by atoms with van der Waals surface area (Å²) in [6.07, 6.45) is 8.38. The fraction of sp³-hybridized carbons (Fsp3) is 0.455. The molecule has 11 heteroatoms. The Hall–Kier alpha value is -3.27. The Kier molecular flexibility index (Phi) is 6.73. The van der Waals surface area contributed by atoms with Crippen molar-refractivity contribution in [1.82, 2.24) is 35.1 Å². The molecular weight excluding hydrogens is 444 g/mol. The highest BCUT2D eigenvalue weighted by Gasteiger charge is 2.33. The van der Waals surface area contributed by atoms with E-state index in [0.29, 0.717) is 22.5 Å². The van der Waals surface area contributed by atoms with Crippen molar-refractivity contribution in [2.45, 2.75) is 38.6 Å². The molecule has 0 radical (unpaired) electrons. The van der Waals surface area contributed by atoms with Gasteiger partial charge in [-0.15, -0.1) is 5.10 Å². The lowest BCUT2D eigenvalue weighted by Crippen LogP contribution is -2.49. The van der Waals surface area contributed by atoms with Gasteiger partial charge in [-0.3, -0.25) is 14.3 Å². The third-order valence-electron chi connectivity index (χ3n) is 6.23. The molecule has 1 unspecified atom stereocenters. The lowest BCUT2D eigenvalue weighted by Gasteiger charge is -2.32. The maximum absolute atomic E-state index is 13.3. The molecule has 4 rings (SSSR count). The van der Waals surface area contributed by atoms with E-state index in [4.69, 9.17) is 11.6 Å². The number of amides is 2. The number of carbonyl (C=O) groups excluding carboxylic acids is 2. The third-order valence-corrected chi connectivity index (χ3v) is 6.51. The number of nitrogens with one attached hydrogen (secondary N) is 2. The van der Waals surface area contributed by atoms with Crippen molar-refractivity contribution >= 4 is 29.2 Å². The van der Waals surface area contributed by atoms with Crippen LogP contribution in [0, 0.1) is 11.8 Å². The zero-order chi connectivity index (χ0) is 23.5. The van der Waals surface area contributed by atoms with E-state index in [-0.39, 0.29) is 17.7 Å². The van der Waals surface area contributed by atoms with Crippen molar-refractivity contribution < 1.29 is 9.59 Å². The molecule has 0 saturated heterocycles. The van der Waals surface area contributed by atoms with Gasteiger partial charge in [0.05, 0.1) is 23.1 Å². The maximum Gasteiger partial charge on any atom is 0.271 e. The molecule has 3 aromatic rings. The van der Waals surface area contributed by atoms with Gasteiger partial charge in [0.2, 0.25) is 5.91 Å². The van der Waals surface area contributed by atoms with Crippen LogP contribution in [0.15, 0.2) is 30.7 Å². The zero-order valence-electron chi connectivity index (χ0n) is 18.8. The monoisotopic (exact) mass is 470 g/mol. The van der Waals surface area contributed by atoms with E-state index >= 15 is 0 Å². The van der Waals surface area contributed by atoms with Gasteiger partial charge in [-0.05, 0) is 36.8 Å². The Morgan fingerprint density at radius 2 is 1.85 bits per heavy atom. The molecule has 1 fully saturated rings. The summed E-state index contributed by atoms with van der Waals surface area (Å²) in [6, 6.07) is 2.85. The molecule has 1 aliphatic rings. The van der Waals surface area contributed by atoms with Gasteiger partial charge in [0.25, 0.3) is 5.91 Å². The lowest BCUT2D eigenvalue weighted by atomic mass is 9.79. The Morgan fingerprint density at radius 1 is 1.09 bits per heavy atom. The van der Waals surface area contributed by atoms with Crippen LogP contribution in [0.2, 0.25) is 5.02 Å². The number of rotatable bonds is 6. The van der Waals surface area contributed by atoms with Gasteiger partial charge >= 0.3 is 0 Å². The number of pyridine rings is 1. The van der Waals surface area contributed by atoms with Crippen molar-refractivity contribution in [3.05, 3.63) is 41.4 Å². The molecule has 2 amide bonds. The van der Waals surface area contributed by atoms with Crippen molar-refractivity contribution in [3.63, 3.8) is 0 Å². The second kappa shape index (κ2) is 9.70. The summed E-state index contributed by atoms with van der Waals surface area (Å²) in [5.41, 5.74) is 1.83. The highest BCUT2D eigenvalue weighted by molar-refractivity contribution is 6.33. The molecule has 0 aromatic carbocycles. The SMILES string of the molecule is CC1CCC(C(NC(=O)c2cnnn2C)C(=O)Nc2ccc(-c3c(Cl)cnn3C)cn2)CC1. The number of aromatic nitrogens is 6. The van der Waals surface area contributed by atoms with E-state index in [9.17, 15) is 9.59 Å². The fourth-order valence-electron chi connectivity index (χ4n) is 4.27. The van der Waals surface area contributed by atoms with Crippen LogP contribution < -0.4 is 10.6 Å². The van der Waals surface area contributed by atoms with Crippen molar-refractivity contribution in [3.8, 4) is 11.3 Å². The number of carbonyl (C=O) groups is 2. The van der Waals surface area contributed by atoms with Crippen molar-refractivity contribution in [2.75, 3.05) is 5.32 Å². The summed E-state index contributed by atoms with van der Waals surface area (Å²) in [7, 11) is 3.44. The van der Waals surface area contributed by atoms with Gasteiger partial charge in [0, 0.05) is 25.9 Å². The molecule has 174 valence electrons. The van der Waals surface area contributed by atoms with Crippen LogP contribution in [0.1, 0.15) is 43.1 Å². The summed E-state index contributed by atoms with van der Waals surface area (Å²) in [6.45, 7) is 2.21. The van der Waals surface area contributed by atoms with E-state index < -0.39 is 6.04 Å². The minimum Gasteiger partial charge on any atom is -0.339 e. The molecule has 1 aliphatic carbocycles. The molecule has 0 spiro atoms. The smallest absolute Gasteiger partial charge is 0.271 e. The van der Waals surface area contributed by atoms with Crippen LogP contribution in [-0.4, -0.2) is 47.6 Å². The predicted octanol–water partition coefficient (Wildman–Crippen LogP) is 2.83. The quantitative estimate of drug-likeness (QED) is 0.571. The van der Waals surface area contributed by atoms with Crippen LogP contribution in [0.3, 0.4) is 0 Å². The van der Waals surface area contributed by atoms with Crippen LogP contribution >= 0.6 is 11.6 Å². The number of hydrogen-bond donors (Lipinski definition) is 2. The van der Waals surface area contributed by atoms with Gasteiger partial charge in [-0.1, -0.05) is 36.6 Å². The van der Waals surface area contributed by atoms with E-state index in [2.05, 4.69) is 38.0 Å². The van der Waals surface area contributed by atoms with Gasteiger partial charge in [0.1, 0.15) is 17.6 Å². The molecule has 33 heavy (non-hydrogen) atoms. The third kappa shape index (κ3) is 5.05. The normalized spacial score (nSPS) is 19.2. The average Bonchev–Trinajstić information content (AvgIpc) is 3.38. The number of halogens is 1. The lowest BCUT2D eigenvalue weighted by molar-refractivity contribution is -0.119. The average molecular weight is 471 g/mol. The van der Waals surface area contributed by atoms with Crippen molar-refractivity contribution in [1.29, 1.82) is 0 Å². The van der Waals surface area contributed by atoms with E-state index in [0.717, 1.165) is 36.9 Å². The summed E-state index contributed by atoms with van der Waals surface area (Å²) >= 11 is 6.21. The Morgan fingerprint density at radius 3 is 2.42 bits per heavy atom. The molecule has 2 N–H and O–H groups in total. The first-order valence-corrected chi connectivity index (χ1v) is 11.3. The fourth-order valence-corrected chi connectivity index (χ4v) is 4.55. The highest BCUT2D eigenvalue weighted by atomic mass is 35.5. The second-order valence-corrected chi connectivity index (χ2v) is 9.01. The Bertz CT molecular complexity index is 1110. The Labute approximate surface area is 196 Å². The molecule has 1 saturated carbocycles. The second-order valence-electron chi connectivity index (χ2n) is 8.60. The molecular formula is C22H27ClN8O2. The first kappa shape index (κ1) is 22.9. The maximum atomic E-state index is 13.3. The minimum atomic E-state index is -0.687. The number of aryl methyl sites for hydroxylation is 2. The first-order chi connectivity index (χ1) is 15.8. The first-order valence-electron chi connectivity index (χ1n) is 10.9. The molecule has 1 atom stereocenters. The van der Waals surface area contributed by atoms with E-state index in [1.165, 1.54) is 10.9 Å². The van der Waals surface area contributed by atoms with E-state index in [1.807, 2.05) is 6.07 Å². The Balaban J connectivity index is 1.51. The summed E-state index contributed by atoms with van der Waals surface area (Å²) in [5, 5.41) is 18.0.